The molecule has 1 heterocycles. The zero-order valence-corrected chi connectivity index (χ0v) is 18.5. The van der Waals surface area contributed by atoms with Crippen molar-refractivity contribution >= 4 is 37.3 Å². The van der Waals surface area contributed by atoms with Gasteiger partial charge in [-0.05, 0) is 0 Å². The van der Waals surface area contributed by atoms with Crippen LogP contribution in [0.5, 0.6) is 11.5 Å². The number of hydrogen-bond acceptors (Lipinski definition) is 3. The quantitative estimate of drug-likeness (QED) is 0.446. The minimum atomic E-state index is -0.752. The van der Waals surface area contributed by atoms with E-state index in [9.17, 15) is 15.0 Å². The molecule has 2 aromatic carbocycles. The zero-order valence-electron chi connectivity index (χ0n) is 15.6. The van der Waals surface area contributed by atoms with Crippen LogP contribution in [0.4, 0.5) is 0 Å². The van der Waals surface area contributed by atoms with E-state index in [4.69, 9.17) is 11.6 Å². The molecule has 1 aliphatic heterocycles. The average Bonchev–Trinajstić information content (AvgIpc) is 3.12. The second kappa shape index (κ2) is 8.69. The molecule has 0 aliphatic carbocycles. The van der Waals surface area contributed by atoms with Gasteiger partial charge in [0.1, 0.15) is 0 Å². The van der Waals surface area contributed by atoms with Gasteiger partial charge in [-0.1, -0.05) is 0 Å². The number of aryl methyl sites for hydroxylation is 1. The number of amides is 1. The van der Waals surface area contributed by atoms with Crippen molar-refractivity contribution in [3.8, 4) is 11.5 Å². The molecule has 1 amide bonds. The summed E-state index contributed by atoms with van der Waals surface area (Å²) in [7, 11) is 0. The van der Waals surface area contributed by atoms with Crippen LogP contribution in [0.25, 0.3) is 0 Å². The molecule has 1 aliphatic rings. The van der Waals surface area contributed by atoms with Crippen molar-refractivity contribution in [1.29, 1.82) is 0 Å². The summed E-state index contributed by atoms with van der Waals surface area (Å²) in [6, 6.07) is 11.0. The molecule has 0 radical (unpaired) electrons. The van der Waals surface area contributed by atoms with Gasteiger partial charge < -0.3 is 5.11 Å². The van der Waals surface area contributed by atoms with Crippen LogP contribution in [0.2, 0.25) is 5.02 Å². The Labute approximate surface area is 172 Å². The molecule has 4 nitrogen and oxygen atoms in total. The van der Waals surface area contributed by atoms with Crippen LogP contribution < -0.4 is 0 Å². The molecule has 27 heavy (non-hydrogen) atoms. The Hall–Kier alpha value is -1.47. The second-order valence-electron chi connectivity index (χ2n) is 7.07. The zero-order chi connectivity index (χ0) is 19.6. The van der Waals surface area contributed by atoms with Crippen molar-refractivity contribution in [3.63, 3.8) is 0 Å². The standard InChI is InChI=1S/C21H25ClINO3/c1-23(2)9-8-14-5-3-6-15(11-14)18-7-4-10-24(18)21(27)16-12-17(22)20(26)13-19(16)25/h3,5-6,11-13,18,25-26H,4,7-10H2,1-2H3. The molecule has 0 saturated carbocycles. The van der Waals surface area contributed by atoms with Gasteiger partial charge >= 0.3 is 168 Å². The monoisotopic (exact) mass is 501 g/mol. The van der Waals surface area contributed by atoms with Crippen LogP contribution >= 0.6 is 31.4 Å². The summed E-state index contributed by atoms with van der Waals surface area (Å²) < 4.78 is 1.29. The van der Waals surface area contributed by atoms with Crippen molar-refractivity contribution in [1.82, 2.24) is 4.90 Å². The van der Waals surface area contributed by atoms with Gasteiger partial charge in [-0.25, -0.2) is 0 Å². The first-order chi connectivity index (χ1) is 12.9. The van der Waals surface area contributed by atoms with Gasteiger partial charge in [-0.2, -0.15) is 0 Å². The summed E-state index contributed by atoms with van der Waals surface area (Å²) in [5, 5.41) is 19.8. The first-order valence-electron chi connectivity index (χ1n) is 8.94. The van der Waals surface area contributed by atoms with Crippen molar-refractivity contribution in [3.05, 3.63) is 58.1 Å². The van der Waals surface area contributed by atoms with E-state index in [1.54, 1.807) is 4.90 Å². The van der Waals surface area contributed by atoms with Crippen molar-refractivity contribution < 1.29 is 15.0 Å². The van der Waals surface area contributed by atoms with E-state index in [0.29, 0.717) is 6.54 Å². The minimum absolute atomic E-state index is 0.00212. The first-order valence-corrected chi connectivity index (χ1v) is 15.2. The number of carbonyl (C=O) groups excluding carboxylic acids is 1. The maximum atomic E-state index is 13.0. The number of alkyl halides is 3. The molecule has 0 aromatic heterocycles. The average molecular weight is 502 g/mol. The van der Waals surface area contributed by atoms with Gasteiger partial charge in [0.2, 0.25) is 0 Å². The van der Waals surface area contributed by atoms with E-state index in [2.05, 4.69) is 34.1 Å². The van der Waals surface area contributed by atoms with Gasteiger partial charge in [0.25, 0.3) is 0 Å². The van der Waals surface area contributed by atoms with Crippen LogP contribution in [0.15, 0.2) is 36.4 Å². The van der Waals surface area contributed by atoms with Crippen LogP contribution in [0.1, 0.15) is 40.4 Å². The third-order valence-corrected chi connectivity index (χ3v) is 7.91. The number of phenolic OH excluding ortho intramolecular Hbond substituents is 2. The van der Waals surface area contributed by atoms with Crippen LogP contribution in [-0.2, 0) is 6.42 Å². The molecule has 1 unspecified atom stereocenters. The van der Waals surface area contributed by atoms with Gasteiger partial charge in [-0.15, -0.1) is 0 Å². The number of benzene rings is 2. The Balaban J connectivity index is 1.84. The first kappa shape index (κ1) is 20.3. The topological polar surface area (TPSA) is 60.8 Å². The Morgan fingerprint density at radius 3 is 2.74 bits per heavy atom. The molecular weight excluding hydrogens is 477 g/mol. The summed E-state index contributed by atoms with van der Waals surface area (Å²) in [6.45, 7) is 0.644. The van der Waals surface area contributed by atoms with Gasteiger partial charge in [0.15, 0.2) is 0 Å². The number of hydrogen-bond donors (Lipinski definition) is 2. The molecule has 2 N–H and O–H groups in total. The van der Waals surface area contributed by atoms with Gasteiger partial charge in [-0.3, -0.25) is 0 Å². The molecule has 0 spiro atoms. The molecule has 0 bridgehead atoms. The van der Waals surface area contributed by atoms with E-state index >= 15 is 0 Å². The predicted molar refractivity (Wildman–Crippen MR) is 119 cm³/mol. The Morgan fingerprint density at radius 1 is 1.22 bits per heavy atom. The Kier molecular flexibility index (Phi) is 6.52. The summed E-state index contributed by atoms with van der Waals surface area (Å²) in [5.74, 6) is -0.729. The van der Waals surface area contributed by atoms with Crippen LogP contribution in [-0.4, -0.2) is 41.9 Å². The SMILES string of the molecule is CI(C)CCc1cccc(C2CCCN2C(=O)c2cc(Cl)c(O)cc2O)c1. The molecule has 6 heteroatoms. The fourth-order valence-electron chi connectivity index (χ4n) is 3.49. The third kappa shape index (κ3) is 4.69. The number of aromatic hydroxyl groups is 2. The summed E-state index contributed by atoms with van der Waals surface area (Å²) in [4.78, 5) is 19.6. The van der Waals surface area contributed by atoms with Crippen molar-refractivity contribution in [2.45, 2.75) is 25.3 Å². The second-order valence-corrected chi connectivity index (χ2v) is 13.8. The number of phenols is 2. The number of rotatable bonds is 5. The molecule has 2 aromatic rings. The summed E-state index contributed by atoms with van der Waals surface area (Å²) >= 11 is 5.19. The van der Waals surface area contributed by atoms with Crippen molar-refractivity contribution in [2.24, 2.45) is 0 Å². The van der Waals surface area contributed by atoms with Crippen molar-refractivity contribution in [2.75, 3.05) is 20.8 Å². The number of halogens is 2. The Bertz CT molecular complexity index is 840. The van der Waals surface area contributed by atoms with E-state index in [1.807, 2.05) is 0 Å². The molecule has 146 valence electrons. The number of likely N-dealkylation sites (tertiary alicyclic amines) is 1. The van der Waals surface area contributed by atoms with E-state index < -0.39 is 19.8 Å². The molecule has 1 atom stereocenters. The van der Waals surface area contributed by atoms with Crippen LogP contribution in [0.3, 0.4) is 0 Å². The van der Waals surface area contributed by atoms with E-state index in [-0.39, 0.29) is 34.0 Å². The fourth-order valence-corrected chi connectivity index (χ4v) is 5.35. The molecule has 3 rings (SSSR count). The molecular formula is C21H25ClINO3. The summed E-state index contributed by atoms with van der Waals surface area (Å²) in [5.41, 5.74) is 2.61. The van der Waals surface area contributed by atoms with Crippen LogP contribution in [0, 0.1) is 0 Å². The maximum absolute atomic E-state index is 13.0. The number of nitrogens with zero attached hydrogens (tertiary/aromatic N) is 1. The fraction of sp³-hybridized carbons (Fsp3) is 0.381. The predicted octanol–water partition coefficient (Wildman–Crippen LogP) is 5.04. The van der Waals surface area contributed by atoms with Gasteiger partial charge in [0.05, 0.1) is 0 Å². The van der Waals surface area contributed by atoms with E-state index in [0.717, 1.165) is 30.9 Å². The molecule has 1 fully saturated rings. The normalized spacial score (nSPS) is 17.2. The molecule has 1 saturated heterocycles. The van der Waals surface area contributed by atoms with E-state index in [1.165, 1.54) is 16.1 Å². The third-order valence-electron chi connectivity index (χ3n) is 4.91. The number of carbonyl (C=O) groups is 1. The summed E-state index contributed by atoms with van der Waals surface area (Å²) in [6.07, 6.45) is 2.93. The Morgan fingerprint density at radius 2 is 2.00 bits per heavy atom. The van der Waals surface area contributed by atoms with Gasteiger partial charge in [0, 0.05) is 0 Å².